The summed E-state index contributed by atoms with van der Waals surface area (Å²) >= 11 is 3.05. The normalized spacial score (nSPS) is 20.4. The van der Waals surface area contributed by atoms with Crippen LogP contribution < -0.4 is 5.32 Å². The molecule has 2 heterocycles. The third-order valence-corrected chi connectivity index (χ3v) is 4.48. The molecule has 1 aliphatic heterocycles. The molecule has 0 aliphatic carbocycles. The van der Waals surface area contributed by atoms with Gasteiger partial charge in [-0.1, -0.05) is 0 Å². The minimum atomic E-state index is -0.410. The molecule has 82 valence electrons. The molecule has 7 heteroatoms. The molecule has 1 fully saturated rings. The molecule has 1 N–H and O–H groups in total. The molecule has 0 saturated carbocycles. The predicted molar refractivity (Wildman–Crippen MR) is 62.7 cm³/mol. The second kappa shape index (κ2) is 4.80. The Kier molecular flexibility index (Phi) is 3.42. The maximum absolute atomic E-state index is 10.4. The molecular weight excluding hydrogens is 234 g/mol. The summed E-state index contributed by atoms with van der Waals surface area (Å²) in [5.41, 5.74) is 0. The van der Waals surface area contributed by atoms with Crippen LogP contribution in [0.4, 0.5) is 10.1 Å². The predicted octanol–water partition coefficient (Wildman–Crippen LogP) is 2.36. The van der Waals surface area contributed by atoms with Crippen LogP contribution in [-0.4, -0.2) is 27.5 Å². The van der Waals surface area contributed by atoms with Gasteiger partial charge in [-0.2, -0.15) is 11.8 Å². The maximum atomic E-state index is 10.4. The number of rotatable bonds is 4. The van der Waals surface area contributed by atoms with Crippen molar-refractivity contribution in [2.24, 2.45) is 0 Å². The van der Waals surface area contributed by atoms with E-state index >= 15 is 0 Å². The number of hydrogen-bond acceptors (Lipinski definition) is 6. The topological polar surface area (TPSA) is 68.1 Å². The largest absolute Gasteiger partial charge is 0.360 e. The van der Waals surface area contributed by atoms with E-state index in [1.54, 1.807) is 0 Å². The number of nitro groups is 1. The molecule has 1 saturated heterocycles. The Labute approximate surface area is 95.4 Å². The molecule has 0 radical (unpaired) electrons. The van der Waals surface area contributed by atoms with Crippen LogP contribution in [0.1, 0.15) is 12.8 Å². The van der Waals surface area contributed by atoms with Crippen LogP contribution in [0.3, 0.4) is 0 Å². The summed E-state index contributed by atoms with van der Waals surface area (Å²) in [4.78, 5) is 14.0. The second-order valence-corrected chi connectivity index (χ2v) is 5.69. The third kappa shape index (κ3) is 2.82. The molecule has 0 spiro atoms. The maximum Gasteiger partial charge on any atom is 0.345 e. The number of thiazole rings is 1. The van der Waals surface area contributed by atoms with Crippen LogP contribution in [0.15, 0.2) is 6.20 Å². The molecule has 2 rings (SSSR count). The summed E-state index contributed by atoms with van der Waals surface area (Å²) in [6.07, 6.45) is 3.80. The van der Waals surface area contributed by atoms with Crippen LogP contribution in [0.5, 0.6) is 0 Å². The van der Waals surface area contributed by atoms with E-state index in [0.29, 0.717) is 10.4 Å². The Hall–Kier alpha value is -0.820. The molecule has 5 nitrogen and oxygen atoms in total. The molecule has 1 aliphatic rings. The fourth-order valence-corrected chi connectivity index (χ4v) is 3.28. The number of anilines is 1. The summed E-state index contributed by atoms with van der Waals surface area (Å²) in [7, 11) is 0. The summed E-state index contributed by atoms with van der Waals surface area (Å²) in [6.45, 7) is 0.856. The second-order valence-electron chi connectivity index (χ2n) is 3.28. The lowest BCUT2D eigenvalue weighted by atomic mass is 10.2. The van der Waals surface area contributed by atoms with Crippen LogP contribution in [0.2, 0.25) is 0 Å². The van der Waals surface area contributed by atoms with Crippen molar-refractivity contribution >= 4 is 33.2 Å². The molecule has 1 unspecified atom stereocenters. The van der Waals surface area contributed by atoms with Crippen molar-refractivity contribution in [3.05, 3.63) is 16.3 Å². The first-order valence-corrected chi connectivity index (χ1v) is 6.58. The highest BCUT2D eigenvalue weighted by Crippen LogP contribution is 2.28. The van der Waals surface area contributed by atoms with Gasteiger partial charge in [-0.3, -0.25) is 10.1 Å². The van der Waals surface area contributed by atoms with Gasteiger partial charge in [0.15, 0.2) is 5.13 Å². The number of aromatic nitrogens is 1. The molecule has 15 heavy (non-hydrogen) atoms. The number of thioether (sulfide) groups is 1. The number of nitrogens with zero attached hydrogens (tertiary/aromatic N) is 2. The Morgan fingerprint density at radius 2 is 2.60 bits per heavy atom. The average Bonchev–Trinajstić information content (AvgIpc) is 2.86. The van der Waals surface area contributed by atoms with Crippen LogP contribution in [0.25, 0.3) is 0 Å². The smallest absolute Gasteiger partial charge is 0.345 e. The summed E-state index contributed by atoms with van der Waals surface area (Å²) in [5, 5.41) is 14.9. The van der Waals surface area contributed by atoms with Gasteiger partial charge in [-0.15, -0.1) is 0 Å². The van der Waals surface area contributed by atoms with Gasteiger partial charge in [0.25, 0.3) is 0 Å². The van der Waals surface area contributed by atoms with E-state index in [1.165, 1.54) is 24.8 Å². The monoisotopic (exact) mass is 245 g/mol. The Morgan fingerprint density at radius 3 is 3.20 bits per heavy atom. The van der Waals surface area contributed by atoms with E-state index in [-0.39, 0.29) is 5.00 Å². The standard InChI is InChI=1S/C8H11N3O2S2/c12-11(13)7-5-10-8(15-7)9-4-6-2-1-3-14-6/h5-6H,1-4H2,(H,9,10). The van der Waals surface area contributed by atoms with Gasteiger partial charge >= 0.3 is 5.00 Å². The van der Waals surface area contributed by atoms with Crippen LogP contribution in [0, 0.1) is 10.1 Å². The van der Waals surface area contributed by atoms with Gasteiger partial charge in [0.2, 0.25) is 0 Å². The highest BCUT2D eigenvalue weighted by Gasteiger charge is 2.16. The quantitative estimate of drug-likeness (QED) is 0.651. The molecule has 1 aromatic heterocycles. The van der Waals surface area contributed by atoms with Gasteiger partial charge in [-0.05, 0) is 29.9 Å². The first-order chi connectivity index (χ1) is 7.25. The van der Waals surface area contributed by atoms with Crippen molar-refractivity contribution in [3.63, 3.8) is 0 Å². The lowest BCUT2D eigenvalue weighted by molar-refractivity contribution is -0.380. The Bertz CT molecular complexity index is 349. The number of nitrogens with one attached hydrogen (secondary N) is 1. The number of hydrogen-bond donors (Lipinski definition) is 1. The first kappa shape index (κ1) is 10.7. The van der Waals surface area contributed by atoms with Crippen molar-refractivity contribution in [3.8, 4) is 0 Å². The SMILES string of the molecule is O=[N+]([O-])c1cnc(NCC2CCCS2)s1. The molecule has 1 aromatic rings. The zero-order valence-electron chi connectivity index (χ0n) is 8.01. The molecule has 0 bridgehead atoms. The minimum Gasteiger partial charge on any atom is -0.360 e. The van der Waals surface area contributed by atoms with Crippen LogP contribution >= 0.6 is 23.1 Å². The molecule has 0 aromatic carbocycles. The third-order valence-electron chi connectivity index (χ3n) is 2.18. The minimum absolute atomic E-state index is 0.0941. The van der Waals surface area contributed by atoms with E-state index in [9.17, 15) is 10.1 Å². The van der Waals surface area contributed by atoms with Crippen molar-refractivity contribution in [1.29, 1.82) is 0 Å². The fourth-order valence-electron chi connectivity index (χ4n) is 1.44. The van der Waals surface area contributed by atoms with Crippen molar-refractivity contribution < 1.29 is 4.92 Å². The van der Waals surface area contributed by atoms with Gasteiger partial charge in [0.05, 0.1) is 4.92 Å². The molecular formula is C8H11N3O2S2. The lowest BCUT2D eigenvalue weighted by Gasteiger charge is -2.07. The fraction of sp³-hybridized carbons (Fsp3) is 0.625. The summed E-state index contributed by atoms with van der Waals surface area (Å²) in [6, 6.07) is 0. The van der Waals surface area contributed by atoms with E-state index in [4.69, 9.17) is 0 Å². The zero-order chi connectivity index (χ0) is 10.7. The van der Waals surface area contributed by atoms with Crippen LogP contribution in [-0.2, 0) is 0 Å². The van der Waals surface area contributed by atoms with E-state index in [2.05, 4.69) is 10.3 Å². The van der Waals surface area contributed by atoms with Crippen molar-refractivity contribution in [2.45, 2.75) is 18.1 Å². The highest BCUT2D eigenvalue weighted by molar-refractivity contribution is 8.00. The molecule has 0 amide bonds. The lowest BCUT2D eigenvalue weighted by Crippen LogP contribution is -2.13. The van der Waals surface area contributed by atoms with E-state index < -0.39 is 4.92 Å². The summed E-state index contributed by atoms with van der Waals surface area (Å²) < 4.78 is 0. The van der Waals surface area contributed by atoms with E-state index in [0.717, 1.165) is 17.9 Å². The summed E-state index contributed by atoms with van der Waals surface area (Å²) in [5.74, 6) is 1.23. The van der Waals surface area contributed by atoms with Gasteiger partial charge in [0.1, 0.15) is 6.20 Å². The molecule has 1 atom stereocenters. The van der Waals surface area contributed by atoms with Gasteiger partial charge < -0.3 is 5.32 Å². The van der Waals surface area contributed by atoms with Gasteiger partial charge in [0, 0.05) is 11.8 Å². The van der Waals surface area contributed by atoms with Gasteiger partial charge in [-0.25, -0.2) is 4.98 Å². The average molecular weight is 245 g/mol. The Balaban J connectivity index is 1.84. The zero-order valence-corrected chi connectivity index (χ0v) is 9.64. The highest BCUT2D eigenvalue weighted by atomic mass is 32.2. The first-order valence-electron chi connectivity index (χ1n) is 4.71. The van der Waals surface area contributed by atoms with E-state index in [1.807, 2.05) is 11.8 Å². The van der Waals surface area contributed by atoms with Crippen molar-refractivity contribution in [2.75, 3.05) is 17.6 Å². The van der Waals surface area contributed by atoms with Crippen molar-refractivity contribution in [1.82, 2.24) is 4.98 Å². The Morgan fingerprint density at radius 1 is 1.73 bits per heavy atom.